The van der Waals surface area contributed by atoms with Crippen LogP contribution in [0.25, 0.3) is 11.3 Å². The Balaban J connectivity index is 1.27. The van der Waals surface area contributed by atoms with Crippen LogP contribution in [0.15, 0.2) is 96.1 Å². The Morgan fingerprint density at radius 2 is 1.57 bits per heavy atom. The van der Waals surface area contributed by atoms with Crippen LogP contribution in [0, 0.1) is 0 Å². The van der Waals surface area contributed by atoms with E-state index < -0.39 is 0 Å². The number of nitrogens with one attached hydrogen (secondary N) is 1. The number of carbonyl (C=O) groups is 1. The molecule has 1 heterocycles. The molecule has 0 fully saturated rings. The van der Waals surface area contributed by atoms with Crippen LogP contribution in [0.2, 0.25) is 0 Å². The first-order valence-corrected chi connectivity index (χ1v) is 11.4. The molecule has 4 aromatic rings. The molecule has 35 heavy (non-hydrogen) atoms. The van der Waals surface area contributed by atoms with E-state index in [2.05, 4.69) is 10.3 Å². The monoisotopic (exact) mass is 469 g/mol. The van der Waals surface area contributed by atoms with Crippen molar-refractivity contribution in [3.63, 3.8) is 0 Å². The lowest BCUT2D eigenvalue weighted by Gasteiger charge is -2.10. The molecule has 1 N–H and O–H groups in total. The van der Waals surface area contributed by atoms with Gasteiger partial charge in [0.25, 0.3) is 5.56 Å². The predicted octanol–water partition coefficient (Wildman–Crippen LogP) is 4.20. The van der Waals surface area contributed by atoms with Gasteiger partial charge in [-0.3, -0.25) is 14.2 Å². The van der Waals surface area contributed by atoms with E-state index in [-0.39, 0.29) is 18.0 Å². The van der Waals surface area contributed by atoms with Gasteiger partial charge in [0.1, 0.15) is 24.7 Å². The van der Waals surface area contributed by atoms with Crippen molar-refractivity contribution in [1.29, 1.82) is 0 Å². The minimum Gasteiger partial charge on any atom is -0.494 e. The molecule has 0 saturated heterocycles. The van der Waals surface area contributed by atoms with Gasteiger partial charge in [-0.05, 0) is 54.4 Å². The molecule has 0 aliphatic heterocycles. The molecule has 7 heteroatoms. The van der Waals surface area contributed by atoms with Crippen molar-refractivity contribution in [3.8, 4) is 22.8 Å². The van der Waals surface area contributed by atoms with E-state index in [0.717, 1.165) is 28.2 Å². The molecule has 0 atom stereocenters. The topological polar surface area (TPSA) is 82.5 Å². The number of hydrogen-bond acceptors (Lipinski definition) is 5. The molecular formula is C28H27N3O4. The summed E-state index contributed by atoms with van der Waals surface area (Å²) in [4.78, 5) is 29.2. The van der Waals surface area contributed by atoms with Crippen LogP contribution in [0.1, 0.15) is 18.1 Å². The summed E-state index contributed by atoms with van der Waals surface area (Å²) in [6.07, 6.45) is 1.40. The van der Waals surface area contributed by atoms with Crippen LogP contribution in [-0.4, -0.2) is 22.1 Å². The van der Waals surface area contributed by atoms with Crippen molar-refractivity contribution in [2.45, 2.75) is 26.6 Å². The lowest BCUT2D eigenvalue weighted by Crippen LogP contribution is -2.31. The quantitative estimate of drug-likeness (QED) is 0.376. The summed E-state index contributed by atoms with van der Waals surface area (Å²) in [5.41, 5.74) is 3.09. The lowest BCUT2D eigenvalue weighted by molar-refractivity contribution is -0.121. The fourth-order valence-corrected chi connectivity index (χ4v) is 3.45. The van der Waals surface area contributed by atoms with Crippen LogP contribution < -0.4 is 20.3 Å². The zero-order valence-electron chi connectivity index (χ0n) is 19.5. The van der Waals surface area contributed by atoms with Gasteiger partial charge in [0.2, 0.25) is 5.91 Å². The molecule has 0 aliphatic rings. The van der Waals surface area contributed by atoms with Crippen LogP contribution >= 0.6 is 0 Å². The molecule has 1 amide bonds. The number of carbonyl (C=O) groups excluding carboxylic acids is 1. The molecule has 4 rings (SSSR count). The Morgan fingerprint density at radius 1 is 0.886 bits per heavy atom. The average Bonchev–Trinajstić information content (AvgIpc) is 2.89. The number of aromatic nitrogens is 2. The van der Waals surface area contributed by atoms with Gasteiger partial charge in [-0.15, -0.1) is 0 Å². The van der Waals surface area contributed by atoms with E-state index in [1.165, 1.54) is 17.0 Å². The van der Waals surface area contributed by atoms with Gasteiger partial charge in [0.15, 0.2) is 0 Å². The third-order valence-electron chi connectivity index (χ3n) is 5.32. The van der Waals surface area contributed by atoms with Crippen molar-refractivity contribution in [2.24, 2.45) is 0 Å². The smallest absolute Gasteiger partial charge is 0.254 e. The van der Waals surface area contributed by atoms with Crippen molar-refractivity contribution in [1.82, 2.24) is 14.9 Å². The highest BCUT2D eigenvalue weighted by Crippen LogP contribution is 2.19. The number of rotatable bonds is 10. The number of amides is 1. The highest BCUT2D eigenvalue weighted by molar-refractivity contribution is 5.75. The van der Waals surface area contributed by atoms with E-state index in [1.54, 1.807) is 0 Å². The Morgan fingerprint density at radius 3 is 2.26 bits per heavy atom. The molecule has 3 aromatic carbocycles. The van der Waals surface area contributed by atoms with Gasteiger partial charge in [-0.25, -0.2) is 4.98 Å². The van der Waals surface area contributed by atoms with Gasteiger partial charge >= 0.3 is 0 Å². The molecule has 0 saturated carbocycles. The molecule has 7 nitrogen and oxygen atoms in total. The Bertz CT molecular complexity index is 1300. The standard InChI is InChI=1S/C28H27N3O4/c1-2-34-24-14-10-23(11-15-24)26-16-28(33)31(20-30-26)18-27(32)29-17-21-8-12-25(13-9-21)35-19-22-6-4-3-5-7-22/h3-16,20H,2,17-19H2,1H3,(H,29,32). The summed E-state index contributed by atoms with van der Waals surface area (Å²) in [5.74, 6) is 1.25. The maximum absolute atomic E-state index is 12.5. The van der Waals surface area contributed by atoms with E-state index in [1.807, 2.05) is 85.8 Å². The SMILES string of the molecule is CCOc1ccc(-c2cc(=O)n(CC(=O)NCc3ccc(OCc4ccccc4)cc3)cn2)cc1. The molecule has 178 valence electrons. The normalized spacial score (nSPS) is 10.5. The van der Waals surface area contributed by atoms with Gasteiger partial charge < -0.3 is 14.8 Å². The first-order chi connectivity index (χ1) is 17.1. The number of nitrogens with zero attached hydrogens (tertiary/aromatic N) is 2. The Hall–Kier alpha value is -4.39. The Labute approximate surface area is 204 Å². The summed E-state index contributed by atoms with van der Waals surface area (Å²) in [7, 11) is 0. The second-order valence-electron chi connectivity index (χ2n) is 7.89. The zero-order chi connectivity index (χ0) is 24.5. The largest absolute Gasteiger partial charge is 0.494 e. The van der Waals surface area contributed by atoms with Gasteiger partial charge in [0, 0.05) is 18.2 Å². The fraction of sp³-hybridized carbons (Fsp3) is 0.179. The summed E-state index contributed by atoms with van der Waals surface area (Å²) in [5, 5.41) is 2.84. The third kappa shape index (κ3) is 6.80. The van der Waals surface area contributed by atoms with Crippen LogP contribution in [-0.2, 0) is 24.5 Å². The van der Waals surface area contributed by atoms with E-state index in [0.29, 0.717) is 25.5 Å². The van der Waals surface area contributed by atoms with E-state index in [9.17, 15) is 9.59 Å². The molecule has 0 radical (unpaired) electrons. The fourth-order valence-electron chi connectivity index (χ4n) is 3.45. The predicted molar refractivity (Wildman–Crippen MR) is 134 cm³/mol. The van der Waals surface area contributed by atoms with E-state index >= 15 is 0 Å². The third-order valence-corrected chi connectivity index (χ3v) is 5.32. The van der Waals surface area contributed by atoms with Crippen molar-refractivity contribution in [3.05, 3.63) is 113 Å². The first kappa shape index (κ1) is 23.8. The van der Waals surface area contributed by atoms with Crippen LogP contribution in [0.4, 0.5) is 0 Å². The summed E-state index contributed by atoms with van der Waals surface area (Å²) >= 11 is 0. The van der Waals surface area contributed by atoms with Crippen LogP contribution in [0.5, 0.6) is 11.5 Å². The molecule has 0 aliphatic carbocycles. The summed E-state index contributed by atoms with van der Waals surface area (Å²) < 4.78 is 12.5. The van der Waals surface area contributed by atoms with Crippen molar-refractivity contribution >= 4 is 5.91 Å². The minimum atomic E-state index is -0.293. The second kappa shape index (κ2) is 11.7. The molecule has 0 bridgehead atoms. The molecular weight excluding hydrogens is 442 g/mol. The summed E-state index contributed by atoms with van der Waals surface area (Å²) in [6.45, 7) is 3.25. The second-order valence-corrected chi connectivity index (χ2v) is 7.89. The maximum Gasteiger partial charge on any atom is 0.254 e. The zero-order valence-corrected chi connectivity index (χ0v) is 19.5. The maximum atomic E-state index is 12.5. The van der Waals surface area contributed by atoms with Crippen LogP contribution in [0.3, 0.4) is 0 Å². The highest BCUT2D eigenvalue weighted by atomic mass is 16.5. The van der Waals surface area contributed by atoms with Crippen molar-refractivity contribution < 1.29 is 14.3 Å². The molecule has 1 aromatic heterocycles. The first-order valence-electron chi connectivity index (χ1n) is 11.4. The number of benzene rings is 3. The van der Waals surface area contributed by atoms with E-state index in [4.69, 9.17) is 9.47 Å². The lowest BCUT2D eigenvalue weighted by atomic mass is 10.1. The molecule has 0 unspecified atom stereocenters. The Kier molecular flexibility index (Phi) is 7.91. The minimum absolute atomic E-state index is 0.104. The molecule has 0 spiro atoms. The summed E-state index contributed by atoms with van der Waals surface area (Å²) in [6, 6.07) is 26.3. The number of hydrogen-bond donors (Lipinski definition) is 1. The number of ether oxygens (including phenoxy) is 2. The van der Waals surface area contributed by atoms with Gasteiger partial charge in [-0.2, -0.15) is 0 Å². The van der Waals surface area contributed by atoms with Gasteiger partial charge in [-0.1, -0.05) is 42.5 Å². The van der Waals surface area contributed by atoms with Crippen molar-refractivity contribution in [2.75, 3.05) is 6.61 Å². The highest BCUT2D eigenvalue weighted by Gasteiger charge is 2.08. The van der Waals surface area contributed by atoms with Gasteiger partial charge in [0.05, 0.1) is 18.6 Å². The average molecular weight is 470 g/mol.